The molecule has 1 fully saturated rings. The van der Waals surface area contributed by atoms with Crippen LogP contribution in [0.3, 0.4) is 0 Å². The van der Waals surface area contributed by atoms with Gasteiger partial charge in [0.1, 0.15) is 5.75 Å². The van der Waals surface area contributed by atoms with Crippen LogP contribution >= 0.6 is 0 Å². The molecule has 1 aliphatic carbocycles. The van der Waals surface area contributed by atoms with E-state index in [0.717, 1.165) is 30.6 Å². The summed E-state index contributed by atoms with van der Waals surface area (Å²) in [6.07, 6.45) is 2.68. The number of hydrogen-bond donors (Lipinski definition) is 2. The molecule has 0 unspecified atom stereocenters. The molecule has 1 aromatic rings. The van der Waals surface area contributed by atoms with Gasteiger partial charge in [-0.25, -0.2) is 0 Å². The van der Waals surface area contributed by atoms with Crippen molar-refractivity contribution in [2.75, 3.05) is 25.5 Å². The van der Waals surface area contributed by atoms with E-state index in [1.807, 2.05) is 0 Å². The molecule has 3 heteroatoms. The van der Waals surface area contributed by atoms with Crippen molar-refractivity contribution in [3.63, 3.8) is 0 Å². The van der Waals surface area contributed by atoms with Crippen molar-refractivity contribution in [2.45, 2.75) is 39.7 Å². The van der Waals surface area contributed by atoms with Crippen LogP contribution in [0, 0.1) is 20.8 Å². The summed E-state index contributed by atoms with van der Waals surface area (Å²) in [4.78, 5) is 0. The highest BCUT2D eigenvalue weighted by Gasteiger charge is 2.19. The van der Waals surface area contributed by atoms with Gasteiger partial charge in [-0.15, -0.1) is 0 Å². The standard InChI is InChI=1S/C15H24N2O/c1-10-9-11(2)14(15(18-4)12(10)3)17-8-7-16-13-5-6-13/h9,13,16-17H,5-8H2,1-4H3. The molecule has 0 spiro atoms. The van der Waals surface area contributed by atoms with E-state index < -0.39 is 0 Å². The van der Waals surface area contributed by atoms with E-state index in [9.17, 15) is 0 Å². The first-order valence-corrected chi connectivity index (χ1v) is 6.75. The van der Waals surface area contributed by atoms with E-state index in [2.05, 4.69) is 37.5 Å². The van der Waals surface area contributed by atoms with Crippen molar-refractivity contribution in [2.24, 2.45) is 0 Å². The predicted octanol–water partition coefficient (Wildman–Crippen LogP) is 2.78. The van der Waals surface area contributed by atoms with Crippen molar-refractivity contribution < 1.29 is 4.74 Å². The molecule has 0 atom stereocenters. The molecule has 3 nitrogen and oxygen atoms in total. The van der Waals surface area contributed by atoms with Gasteiger partial charge in [-0.3, -0.25) is 0 Å². The van der Waals surface area contributed by atoms with E-state index in [4.69, 9.17) is 4.74 Å². The van der Waals surface area contributed by atoms with Gasteiger partial charge in [0.2, 0.25) is 0 Å². The molecule has 0 saturated heterocycles. The normalized spacial score (nSPS) is 14.7. The zero-order valence-corrected chi connectivity index (χ0v) is 11.9. The van der Waals surface area contributed by atoms with Crippen LogP contribution in [0.15, 0.2) is 6.07 Å². The Hall–Kier alpha value is -1.22. The number of nitrogens with one attached hydrogen (secondary N) is 2. The number of aryl methyl sites for hydroxylation is 2. The lowest BCUT2D eigenvalue weighted by Crippen LogP contribution is -2.24. The summed E-state index contributed by atoms with van der Waals surface area (Å²) in [5, 5.41) is 7.00. The highest BCUT2D eigenvalue weighted by atomic mass is 16.5. The Morgan fingerprint density at radius 3 is 2.50 bits per heavy atom. The number of hydrogen-bond acceptors (Lipinski definition) is 3. The zero-order valence-electron chi connectivity index (χ0n) is 11.9. The van der Waals surface area contributed by atoms with Gasteiger partial charge in [0.15, 0.2) is 0 Å². The van der Waals surface area contributed by atoms with Crippen molar-refractivity contribution in [3.05, 3.63) is 22.8 Å². The molecular weight excluding hydrogens is 224 g/mol. The topological polar surface area (TPSA) is 33.3 Å². The molecule has 0 bridgehead atoms. The van der Waals surface area contributed by atoms with Crippen LogP contribution in [0.5, 0.6) is 5.75 Å². The Kier molecular flexibility index (Phi) is 4.12. The predicted molar refractivity (Wildman–Crippen MR) is 76.7 cm³/mol. The second-order valence-electron chi connectivity index (χ2n) is 5.20. The van der Waals surface area contributed by atoms with Gasteiger partial charge in [0.25, 0.3) is 0 Å². The smallest absolute Gasteiger partial charge is 0.145 e. The number of ether oxygens (including phenoxy) is 1. The van der Waals surface area contributed by atoms with Crippen LogP contribution in [-0.4, -0.2) is 26.2 Å². The highest BCUT2D eigenvalue weighted by molar-refractivity contribution is 5.66. The lowest BCUT2D eigenvalue weighted by atomic mass is 10.0. The number of benzene rings is 1. The summed E-state index contributed by atoms with van der Waals surface area (Å²) in [6, 6.07) is 2.99. The van der Waals surface area contributed by atoms with Gasteiger partial charge in [0.05, 0.1) is 12.8 Å². The van der Waals surface area contributed by atoms with Gasteiger partial charge in [-0.05, 0) is 50.3 Å². The van der Waals surface area contributed by atoms with Crippen molar-refractivity contribution >= 4 is 5.69 Å². The monoisotopic (exact) mass is 248 g/mol. The SMILES string of the molecule is COc1c(C)c(C)cc(C)c1NCCNC1CC1. The third-order valence-electron chi connectivity index (χ3n) is 3.63. The van der Waals surface area contributed by atoms with Crippen molar-refractivity contribution in [3.8, 4) is 5.75 Å². The molecule has 1 aliphatic rings. The first kappa shape index (κ1) is 13.2. The summed E-state index contributed by atoms with van der Waals surface area (Å²) >= 11 is 0. The number of methoxy groups -OCH3 is 1. The quantitative estimate of drug-likeness (QED) is 0.760. The minimum atomic E-state index is 0.773. The third-order valence-corrected chi connectivity index (χ3v) is 3.63. The molecule has 2 rings (SSSR count). The number of rotatable bonds is 6. The molecule has 2 N–H and O–H groups in total. The Balaban J connectivity index is 2.02. The van der Waals surface area contributed by atoms with Crippen LogP contribution in [-0.2, 0) is 0 Å². The minimum absolute atomic E-state index is 0.773. The van der Waals surface area contributed by atoms with Crippen LogP contribution in [0.2, 0.25) is 0 Å². The summed E-state index contributed by atoms with van der Waals surface area (Å²) < 4.78 is 5.55. The fraction of sp³-hybridized carbons (Fsp3) is 0.600. The maximum atomic E-state index is 5.55. The van der Waals surface area contributed by atoms with E-state index in [0.29, 0.717) is 0 Å². The summed E-state index contributed by atoms with van der Waals surface area (Å²) in [6.45, 7) is 8.33. The lowest BCUT2D eigenvalue weighted by molar-refractivity contribution is 0.412. The van der Waals surface area contributed by atoms with E-state index in [1.54, 1.807) is 7.11 Å². The lowest BCUT2D eigenvalue weighted by Gasteiger charge is -2.18. The Bertz CT molecular complexity index is 425. The fourth-order valence-corrected chi connectivity index (χ4v) is 2.28. The second-order valence-corrected chi connectivity index (χ2v) is 5.20. The van der Waals surface area contributed by atoms with E-state index in [1.165, 1.54) is 29.5 Å². The van der Waals surface area contributed by atoms with E-state index >= 15 is 0 Å². The second kappa shape index (κ2) is 5.61. The van der Waals surface area contributed by atoms with Gasteiger partial charge in [-0.1, -0.05) is 6.07 Å². The maximum Gasteiger partial charge on any atom is 0.145 e. The van der Waals surface area contributed by atoms with Gasteiger partial charge in [0, 0.05) is 19.1 Å². The largest absolute Gasteiger partial charge is 0.494 e. The van der Waals surface area contributed by atoms with Crippen molar-refractivity contribution in [1.29, 1.82) is 0 Å². The number of anilines is 1. The zero-order chi connectivity index (χ0) is 13.1. The molecule has 100 valence electrons. The van der Waals surface area contributed by atoms with Crippen LogP contribution in [0.1, 0.15) is 29.5 Å². The minimum Gasteiger partial charge on any atom is -0.494 e. The summed E-state index contributed by atoms with van der Waals surface area (Å²) in [5.41, 5.74) is 4.89. The van der Waals surface area contributed by atoms with Gasteiger partial charge < -0.3 is 15.4 Å². The Labute approximate surface area is 110 Å². The maximum absolute atomic E-state index is 5.55. The first-order chi connectivity index (χ1) is 8.63. The van der Waals surface area contributed by atoms with Crippen LogP contribution < -0.4 is 15.4 Å². The molecule has 0 heterocycles. The molecular formula is C15H24N2O. The molecule has 1 aromatic carbocycles. The summed E-state index contributed by atoms with van der Waals surface area (Å²) in [7, 11) is 1.74. The van der Waals surface area contributed by atoms with Gasteiger partial charge >= 0.3 is 0 Å². The van der Waals surface area contributed by atoms with Crippen LogP contribution in [0.25, 0.3) is 0 Å². The molecule has 0 radical (unpaired) electrons. The van der Waals surface area contributed by atoms with Crippen molar-refractivity contribution in [1.82, 2.24) is 5.32 Å². The fourth-order valence-electron chi connectivity index (χ4n) is 2.28. The Morgan fingerprint density at radius 1 is 1.17 bits per heavy atom. The van der Waals surface area contributed by atoms with Gasteiger partial charge in [-0.2, -0.15) is 0 Å². The first-order valence-electron chi connectivity index (χ1n) is 6.75. The highest BCUT2D eigenvalue weighted by Crippen LogP contribution is 2.33. The Morgan fingerprint density at radius 2 is 1.89 bits per heavy atom. The third kappa shape index (κ3) is 2.96. The van der Waals surface area contributed by atoms with E-state index in [-0.39, 0.29) is 0 Å². The molecule has 18 heavy (non-hydrogen) atoms. The molecule has 1 saturated carbocycles. The molecule has 0 aromatic heterocycles. The average molecular weight is 248 g/mol. The molecule has 0 amide bonds. The summed E-state index contributed by atoms with van der Waals surface area (Å²) in [5.74, 6) is 0.985. The molecule has 0 aliphatic heterocycles. The van der Waals surface area contributed by atoms with Crippen LogP contribution in [0.4, 0.5) is 5.69 Å². The average Bonchev–Trinajstić information content (AvgIpc) is 3.14.